The number of carbonyl (C=O) groups is 1. The molecule has 2 fully saturated rings. The summed E-state index contributed by atoms with van der Waals surface area (Å²) in [7, 11) is 0. The highest BCUT2D eigenvalue weighted by atomic mass is 32.2. The second kappa shape index (κ2) is 10.4. The Balaban J connectivity index is 1.55. The van der Waals surface area contributed by atoms with E-state index in [1.54, 1.807) is 9.80 Å². The van der Waals surface area contributed by atoms with E-state index in [-0.39, 0.29) is 80.2 Å². The van der Waals surface area contributed by atoms with Gasteiger partial charge >= 0.3 is 11.9 Å². The van der Waals surface area contributed by atoms with Crippen LogP contribution in [-0.2, 0) is 22.3 Å². The van der Waals surface area contributed by atoms with Crippen LogP contribution in [-0.4, -0.2) is 69.5 Å². The fourth-order valence-corrected chi connectivity index (χ4v) is 8.80. The first kappa shape index (κ1) is 30.0. The number of fused-ring (bicyclic) bond motifs is 1. The zero-order valence-electron chi connectivity index (χ0n) is 24.3. The first-order valence-corrected chi connectivity index (χ1v) is 16.1. The number of benzene rings is 2. The van der Waals surface area contributed by atoms with Crippen LogP contribution in [0.1, 0.15) is 19.4 Å². The number of thiazole rings is 1. The van der Waals surface area contributed by atoms with Gasteiger partial charge in [-0.3, -0.25) is 9.36 Å². The van der Waals surface area contributed by atoms with Crippen LogP contribution in [0.15, 0.2) is 40.5 Å². The summed E-state index contributed by atoms with van der Waals surface area (Å²) in [5, 5.41) is 0.194. The summed E-state index contributed by atoms with van der Waals surface area (Å²) in [6, 6.07) is 2.77. The summed E-state index contributed by atoms with van der Waals surface area (Å²) >= 11 is 2.09. The second-order valence-electron chi connectivity index (χ2n) is 12.0. The predicted octanol–water partition coefficient (Wildman–Crippen LogP) is 5.15. The van der Waals surface area contributed by atoms with Crippen LogP contribution < -0.4 is 16.3 Å². The molecule has 7 rings (SSSR count). The van der Waals surface area contributed by atoms with E-state index < -0.39 is 28.7 Å². The molecule has 0 unspecified atom stereocenters. The number of amides is 1. The number of anilines is 2. The second-order valence-corrected chi connectivity index (χ2v) is 14.0. The molecule has 4 aromatic rings. The fraction of sp³-hybridized carbons (Fsp3) is 0.400. The average Bonchev–Trinajstić information content (AvgIpc) is 3.26. The maximum atomic E-state index is 15.2. The summed E-state index contributed by atoms with van der Waals surface area (Å²) in [4.78, 5) is 38.7. The lowest BCUT2D eigenvalue weighted by Crippen LogP contribution is -2.58. The minimum Gasteiger partial charge on any atom is -0.380 e. The third kappa shape index (κ3) is 4.69. The first-order valence-electron chi connectivity index (χ1n) is 14.3. The molecule has 1 spiro atoms. The van der Waals surface area contributed by atoms with E-state index in [4.69, 9.17) is 10.5 Å². The smallest absolute Gasteiger partial charge is 0.380 e. The van der Waals surface area contributed by atoms with Gasteiger partial charge in [-0.2, -0.15) is 18.2 Å². The van der Waals surface area contributed by atoms with Gasteiger partial charge in [-0.25, -0.2) is 14.2 Å². The van der Waals surface area contributed by atoms with E-state index in [1.165, 1.54) is 28.5 Å². The van der Waals surface area contributed by atoms with Gasteiger partial charge in [0.25, 0.3) is 0 Å². The van der Waals surface area contributed by atoms with Gasteiger partial charge in [0.05, 0.1) is 34.5 Å². The van der Waals surface area contributed by atoms with Crippen molar-refractivity contribution < 1.29 is 27.1 Å². The highest BCUT2D eigenvalue weighted by Gasteiger charge is 2.45. The quantitative estimate of drug-likeness (QED) is 0.238. The maximum Gasteiger partial charge on any atom is 0.417 e. The molecule has 1 amide bonds. The lowest BCUT2D eigenvalue weighted by Gasteiger charge is -2.44. The van der Waals surface area contributed by atoms with Crippen molar-refractivity contribution in [3.8, 4) is 11.1 Å². The van der Waals surface area contributed by atoms with Crippen LogP contribution in [0.2, 0.25) is 0 Å². The Kier molecular flexibility index (Phi) is 6.95. The standard InChI is InChI=1S/C30H28F4N6O3S2/c1-4-20(41)38-8-15(3)39(9-14(38)2)26-17-7-18(30(32,33)34)21(16-5-6-19(31)24-22(16)36-27(35)45-24)25-23(17)40(28(42)37-26)10-29(13-44-25)11-43-12-29/h4-7,14-15H,1,8-13H2,2-3H3,(H2,35,36)/t14-,15+/m1/s1. The number of hydrogen-bond acceptors (Lipinski definition) is 9. The van der Waals surface area contributed by atoms with Gasteiger partial charge in [-0.05, 0) is 38.1 Å². The predicted molar refractivity (Wildman–Crippen MR) is 166 cm³/mol. The van der Waals surface area contributed by atoms with Crippen molar-refractivity contribution in [3.05, 3.63) is 52.7 Å². The topological polar surface area (TPSA) is 107 Å². The molecule has 3 aliphatic rings. The summed E-state index contributed by atoms with van der Waals surface area (Å²) in [5.41, 5.74) is 4.14. The third-order valence-electron chi connectivity index (χ3n) is 8.83. The van der Waals surface area contributed by atoms with Gasteiger partial charge in [0.2, 0.25) is 5.91 Å². The van der Waals surface area contributed by atoms with Crippen molar-refractivity contribution in [1.82, 2.24) is 19.4 Å². The average molecular weight is 661 g/mol. The lowest BCUT2D eigenvalue weighted by molar-refractivity contribution is -0.137. The number of thioether (sulfide) groups is 1. The van der Waals surface area contributed by atoms with Crippen LogP contribution in [0.5, 0.6) is 0 Å². The zero-order chi connectivity index (χ0) is 32.0. The Morgan fingerprint density at radius 3 is 2.62 bits per heavy atom. The highest BCUT2D eigenvalue weighted by Crippen LogP contribution is 2.52. The number of hydrogen-bond donors (Lipinski definition) is 1. The number of rotatable bonds is 3. The molecule has 2 saturated heterocycles. The molecule has 0 bridgehead atoms. The summed E-state index contributed by atoms with van der Waals surface area (Å²) in [6.45, 7) is 8.67. The molecule has 2 atom stereocenters. The van der Waals surface area contributed by atoms with E-state index in [9.17, 15) is 14.0 Å². The van der Waals surface area contributed by atoms with Crippen molar-refractivity contribution in [3.63, 3.8) is 0 Å². The van der Waals surface area contributed by atoms with Gasteiger partial charge < -0.3 is 20.3 Å². The number of halogens is 4. The number of alkyl halides is 3. The summed E-state index contributed by atoms with van der Waals surface area (Å²) in [5.74, 6) is -0.371. The zero-order valence-corrected chi connectivity index (χ0v) is 25.9. The first-order chi connectivity index (χ1) is 21.3. The maximum absolute atomic E-state index is 15.2. The molecule has 15 heteroatoms. The molecular formula is C30H28F4N6O3S2. The number of nitrogens with two attached hydrogens (primary N) is 1. The molecule has 45 heavy (non-hydrogen) atoms. The molecule has 0 saturated carbocycles. The normalized spacial score (nSPS) is 21.3. The van der Waals surface area contributed by atoms with E-state index in [0.29, 0.717) is 24.5 Å². The number of piperazine rings is 1. The van der Waals surface area contributed by atoms with E-state index in [2.05, 4.69) is 16.5 Å². The van der Waals surface area contributed by atoms with E-state index in [0.717, 1.165) is 23.5 Å². The Morgan fingerprint density at radius 1 is 1.20 bits per heavy atom. The van der Waals surface area contributed by atoms with Gasteiger partial charge in [0, 0.05) is 64.3 Å². The number of carbonyl (C=O) groups excluding carboxylic acids is 1. The van der Waals surface area contributed by atoms with Crippen molar-refractivity contribution in [1.29, 1.82) is 0 Å². The summed E-state index contributed by atoms with van der Waals surface area (Å²) < 4.78 is 67.4. The van der Waals surface area contributed by atoms with Crippen LogP contribution in [0, 0.1) is 11.2 Å². The molecular weight excluding hydrogens is 632 g/mol. The number of nitrogen functional groups attached to an aromatic ring is 1. The van der Waals surface area contributed by atoms with Crippen LogP contribution in [0.25, 0.3) is 32.2 Å². The van der Waals surface area contributed by atoms with E-state index in [1.807, 2.05) is 13.8 Å². The van der Waals surface area contributed by atoms with E-state index >= 15 is 13.2 Å². The van der Waals surface area contributed by atoms with Gasteiger partial charge in [0.15, 0.2) is 5.13 Å². The molecule has 236 valence electrons. The van der Waals surface area contributed by atoms with Crippen LogP contribution in [0.4, 0.5) is 28.5 Å². The highest BCUT2D eigenvalue weighted by molar-refractivity contribution is 7.99. The van der Waals surface area contributed by atoms with Crippen molar-refractivity contribution >= 4 is 61.1 Å². The Morgan fingerprint density at radius 2 is 1.96 bits per heavy atom. The van der Waals surface area contributed by atoms with Crippen molar-refractivity contribution in [2.24, 2.45) is 5.41 Å². The van der Waals surface area contributed by atoms with Crippen LogP contribution in [0.3, 0.4) is 0 Å². The lowest BCUT2D eigenvalue weighted by atomic mass is 9.88. The number of nitrogens with zero attached hydrogens (tertiary/aromatic N) is 5. The Bertz CT molecular complexity index is 1970. The minimum atomic E-state index is -4.83. The SMILES string of the molecule is C=CC(=O)N1C[C@H](C)N(c2nc(=O)n3c4c(c(-c5ccc(F)c6sc(N)nc56)c(C(F)(F)F)cc24)SCC2(COC2)C3)C[C@H]1C. The molecule has 2 aromatic carbocycles. The summed E-state index contributed by atoms with van der Waals surface area (Å²) in [6.07, 6.45) is -3.61. The monoisotopic (exact) mass is 660 g/mol. The fourth-order valence-electron chi connectivity index (χ4n) is 6.60. The molecule has 0 radical (unpaired) electrons. The van der Waals surface area contributed by atoms with Crippen LogP contribution >= 0.6 is 23.1 Å². The molecule has 3 aliphatic heterocycles. The van der Waals surface area contributed by atoms with Gasteiger partial charge in [0.1, 0.15) is 11.6 Å². The van der Waals surface area contributed by atoms with Gasteiger partial charge in [-0.1, -0.05) is 17.9 Å². The minimum absolute atomic E-state index is 0.0235. The third-order valence-corrected chi connectivity index (χ3v) is 11.2. The molecule has 0 aliphatic carbocycles. The molecule has 9 nitrogen and oxygen atoms in total. The van der Waals surface area contributed by atoms with Crippen molar-refractivity contribution in [2.45, 2.75) is 43.5 Å². The number of aromatic nitrogens is 3. The van der Waals surface area contributed by atoms with Gasteiger partial charge in [-0.15, -0.1) is 11.8 Å². The molecule has 5 heterocycles. The number of ether oxygens (including phenoxy) is 1. The Hall–Kier alpha value is -3.69. The molecule has 2 aromatic heterocycles. The molecule has 2 N–H and O–H groups in total. The van der Waals surface area contributed by atoms with Crippen molar-refractivity contribution in [2.75, 3.05) is 42.7 Å². The largest absolute Gasteiger partial charge is 0.417 e. The Labute approximate surface area is 262 Å².